The number of hydrogen-bond acceptors (Lipinski definition) is 5. The van der Waals surface area contributed by atoms with Crippen molar-refractivity contribution in [2.24, 2.45) is 11.8 Å². The molecular weight excluding hydrogens is 449 g/mol. The maximum Gasteiger partial charge on any atom is 0.250 e. The molecule has 0 aliphatic carbocycles. The van der Waals surface area contributed by atoms with Gasteiger partial charge < -0.3 is 10.4 Å². The average Bonchev–Trinajstić information content (AvgIpc) is 3.40. The summed E-state index contributed by atoms with van der Waals surface area (Å²) in [6, 6.07) is 17.1. The summed E-state index contributed by atoms with van der Waals surface area (Å²) in [6.07, 6.45) is 0.335. The zero-order valence-electron chi connectivity index (χ0n) is 18.8. The molecule has 3 aromatic carbocycles. The Balaban J connectivity index is 1.50. The molecule has 2 saturated heterocycles. The van der Waals surface area contributed by atoms with Crippen LogP contribution >= 0.6 is 0 Å². The zero-order chi connectivity index (χ0) is 24.5. The fourth-order valence-electron chi connectivity index (χ4n) is 5.86. The second-order valence-corrected chi connectivity index (χ2v) is 9.43. The van der Waals surface area contributed by atoms with Crippen LogP contribution in [0.2, 0.25) is 0 Å². The fourth-order valence-corrected chi connectivity index (χ4v) is 5.86. The number of nitrogens with zero attached hydrogens (tertiary/aromatic N) is 1. The van der Waals surface area contributed by atoms with Crippen LogP contribution < -0.4 is 15.5 Å². The molecule has 3 aromatic rings. The number of aryl methyl sites for hydroxylation is 1. The van der Waals surface area contributed by atoms with Gasteiger partial charge in [-0.05, 0) is 66.9 Å². The van der Waals surface area contributed by atoms with Crippen molar-refractivity contribution < 1.29 is 23.9 Å². The van der Waals surface area contributed by atoms with Crippen LogP contribution in [0, 0.1) is 24.6 Å². The van der Waals surface area contributed by atoms with Crippen molar-refractivity contribution in [1.82, 2.24) is 5.32 Å². The van der Waals surface area contributed by atoms with E-state index in [1.165, 1.54) is 23.1 Å². The van der Waals surface area contributed by atoms with Crippen molar-refractivity contribution in [1.29, 1.82) is 0 Å². The number of rotatable bonds is 3. The van der Waals surface area contributed by atoms with E-state index in [9.17, 15) is 23.9 Å². The van der Waals surface area contributed by atoms with Crippen LogP contribution in [0.1, 0.15) is 16.7 Å². The quantitative estimate of drug-likeness (QED) is 0.510. The minimum Gasteiger partial charge on any atom is -0.508 e. The van der Waals surface area contributed by atoms with Crippen LogP contribution in [0.3, 0.4) is 0 Å². The molecule has 2 fully saturated rings. The number of phenols is 1. The highest BCUT2D eigenvalue weighted by atomic mass is 19.1. The number of aromatic hydroxyl groups is 1. The summed E-state index contributed by atoms with van der Waals surface area (Å²) in [5, 5.41) is 15.7. The first-order chi connectivity index (χ1) is 16.8. The molecule has 35 heavy (non-hydrogen) atoms. The first-order valence-corrected chi connectivity index (χ1v) is 11.4. The van der Waals surface area contributed by atoms with Crippen molar-refractivity contribution in [3.05, 3.63) is 89.2 Å². The Kier molecular flexibility index (Phi) is 4.59. The second kappa shape index (κ2) is 7.48. The average molecular weight is 471 g/mol. The van der Waals surface area contributed by atoms with E-state index in [0.29, 0.717) is 23.4 Å². The van der Waals surface area contributed by atoms with E-state index in [2.05, 4.69) is 10.6 Å². The molecule has 7 nitrogen and oxygen atoms in total. The molecule has 4 unspecified atom stereocenters. The largest absolute Gasteiger partial charge is 0.508 e. The van der Waals surface area contributed by atoms with Gasteiger partial charge in [-0.2, -0.15) is 0 Å². The number of halogens is 1. The molecule has 0 saturated carbocycles. The minimum atomic E-state index is -1.57. The number of amides is 3. The van der Waals surface area contributed by atoms with Gasteiger partial charge in [0.15, 0.2) is 0 Å². The highest BCUT2D eigenvalue weighted by molar-refractivity contribution is 6.25. The van der Waals surface area contributed by atoms with Gasteiger partial charge in [0, 0.05) is 17.3 Å². The maximum absolute atomic E-state index is 14.4. The molecule has 3 aliphatic rings. The normalized spacial score (nSPS) is 26.9. The van der Waals surface area contributed by atoms with Crippen LogP contribution in [0.5, 0.6) is 5.75 Å². The smallest absolute Gasteiger partial charge is 0.250 e. The monoisotopic (exact) mass is 471 g/mol. The molecule has 0 bridgehead atoms. The van der Waals surface area contributed by atoms with E-state index >= 15 is 0 Å². The molecule has 4 atom stereocenters. The lowest BCUT2D eigenvalue weighted by molar-refractivity contribution is -0.130. The SMILES string of the molecule is Cc1cccc(N2C(=O)C3C(Cc4ccc(O)cc4)NC4(C(=O)Nc5ccc(F)cc54)C3C2=O)c1. The summed E-state index contributed by atoms with van der Waals surface area (Å²) in [5.41, 5.74) is 1.34. The first kappa shape index (κ1) is 21.5. The van der Waals surface area contributed by atoms with Crippen molar-refractivity contribution in [3.8, 4) is 5.75 Å². The third kappa shape index (κ3) is 3.03. The Bertz CT molecular complexity index is 1410. The molecule has 8 heteroatoms. The second-order valence-electron chi connectivity index (χ2n) is 9.43. The van der Waals surface area contributed by atoms with E-state index < -0.39 is 47.0 Å². The van der Waals surface area contributed by atoms with Gasteiger partial charge in [-0.25, -0.2) is 9.29 Å². The third-order valence-corrected chi connectivity index (χ3v) is 7.33. The van der Waals surface area contributed by atoms with Gasteiger partial charge in [-0.3, -0.25) is 19.7 Å². The van der Waals surface area contributed by atoms with Crippen molar-refractivity contribution in [3.63, 3.8) is 0 Å². The maximum atomic E-state index is 14.4. The van der Waals surface area contributed by atoms with Gasteiger partial charge in [0.05, 0.1) is 17.5 Å². The Hall–Kier alpha value is -4.04. The molecule has 3 N–H and O–H groups in total. The van der Waals surface area contributed by atoms with Crippen LogP contribution in [0.15, 0.2) is 66.7 Å². The first-order valence-electron chi connectivity index (χ1n) is 11.4. The third-order valence-electron chi connectivity index (χ3n) is 7.33. The molecule has 3 aliphatic heterocycles. The van der Waals surface area contributed by atoms with E-state index in [-0.39, 0.29) is 5.75 Å². The lowest BCUT2D eigenvalue weighted by atomic mass is 9.76. The molecule has 0 radical (unpaired) electrons. The topological polar surface area (TPSA) is 98.7 Å². The summed E-state index contributed by atoms with van der Waals surface area (Å²) in [7, 11) is 0. The van der Waals surface area contributed by atoms with E-state index in [1.807, 2.05) is 13.0 Å². The standard InChI is InChI=1S/C27H22FN3O4/c1-14-3-2-4-17(11-14)31-24(33)22-21(12-15-5-8-18(32)9-6-15)30-27(23(22)25(31)34)19-13-16(28)7-10-20(19)29-26(27)35/h2-11,13,21-23,30,32H,12H2,1H3,(H,29,35). The predicted molar refractivity (Wildman–Crippen MR) is 126 cm³/mol. The van der Waals surface area contributed by atoms with Gasteiger partial charge in [-0.1, -0.05) is 24.3 Å². The van der Waals surface area contributed by atoms with Gasteiger partial charge >= 0.3 is 0 Å². The number of carbonyl (C=O) groups is 3. The van der Waals surface area contributed by atoms with E-state index in [1.54, 1.807) is 42.5 Å². The number of anilines is 2. The molecule has 3 amide bonds. The lowest BCUT2D eigenvalue weighted by Crippen LogP contribution is -2.53. The van der Waals surface area contributed by atoms with Crippen molar-refractivity contribution >= 4 is 29.1 Å². The highest BCUT2D eigenvalue weighted by Crippen LogP contribution is 2.54. The molecule has 0 aromatic heterocycles. The summed E-state index contributed by atoms with van der Waals surface area (Å²) in [5.74, 6) is -3.66. The van der Waals surface area contributed by atoms with Crippen LogP contribution in [-0.2, 0) is 26.3 Å². The Morgan fingerprint density at radius 2 is 1.77 bits per heavy atom. The van der Waals surface area contributed by atoms with Crippen LogP contribution in [0.4, 0.5) is 15.8 Å². The Labute approximate surface area is 200 Å². The molecule has 6 rings (SSSR count). The van der Waals surface area contributed by atoms with Gasteiger partial charge in [-0.15, -0.1) is 0 Å². The van der Waals surface area contributed by atoms with E-state index in [4.69, 9.17) is 0 Å². The zero-order valence-corrected chi connectivity index (χ0v) is 18.8. The summed E-state index contributed by atoms with van der Waals surface area (Å²) < 4.78 is 14.4. The highest BCUT2D eigenvalue weighted by Gasteiger charge is 2.70. The molecule has 176 valence electrons. The Morgan fingerprint density at radius 3 is 2.51 bits per heavy atom. The van der Waals surface area contributed by atoms with Gasteiger partial charge in [0.2, 0.25) is 17.7 Å². The number of carbonyl (C=O) groups excluding carboxylic acids is 3. The number of nitrogens with one attached hydrogen (secondary N) is 2. The predicted octanol–water partition coefficient (Wildman–Crippen LogP) is 3.01. The van der Waals surface area contributed by atoms with Crippen molar-refractivity contribution in [2.75, 3.05) is 10.2 Å². The summed E-state index contributed by atoms with van der Waals surface area (Å²) in [6.45, 7) is 1.87. The van der Waals surface area contributed by atoms with Crippen molar-refractivity contribution in [2.45, 2.75) is 24.9 Å². The number of phenolic OH excluding ortho intramolecular Hbond substituents is 1. The molecule has 3 heterocycles. The minimum absolute atomic E-state index is 0.111. The number of fused-ring (bicyclic) bond motifs is 4. The lowest BCUT2D eigenvalue weighted by Gasteiger charge is -2.29. The molecule has 1 spiro atoms. The van der Waals surface area contributed by atoms with Gasteiger partial charge in [0.1, 0.15) is 17.1 Å². The number of hydrogen-bond donors (Lipinski definition) is 3. The number of imide groups is 1. The van der Waals surface area contributed by atoms with Crippen LogP contribution in [-0.4, -0.2) is 28.9 Å². The van der Waals surface area contributed by atoms with Crippen LogP contribution in [0.25, 0.3) is 0 Å². The van der Waals surface area contributed by atoms with E-state index in [0.717, 1.165) is 11.1 Å². The Morgan fingerprint density at radius 1 is 1.00 bits per heavy atom. The number of benzene rings is 3. The fraction of sp³-hybridized carbons (Fsp3) is 0.222. The summed E-state index contributed by atoms with van der Waals surface area (Å²) >= 11 is 0. The summed E-state index contributed by atoms with van der Waals surface area (Å²) in [4.78, 5) is 42.4. The molecular formula is C27H22FN3O4. The van der Waals surface area contributed by atoms with Gasteiger partial charge in [0.25, 0.3) is 0 Å².